The number of thiophene rings is 1. The van der Waals surface area contributed by atoms with Gasteiger partial charge in [-0.05, 0) is 76.6 Å². The Bertz CT molecular complexity index is 1640. The molecule has 2 fully saturated rings. The average Bonchev–Trinajstić information content (AvgIpc) is 3.57. The van der Waals surface area contributed by atoms with Gasteiger partial charge < -0.3 is 15.1 Å². The van der Waals surface area contributed by atoms with E-state index in [1.807, 2.05) is 20.8 Å². The van der Waals surface area contributed by atoms with Gasteiger partial charge in [0.15, 0.2) is 9.84 Å². The van der Waals surface area contributed by atoms with Crippen molar-refractivity contribution in [3.63, 3.8) is 0 Å². The Hall–Kier alpha value is -2.77. The minimum absolute atomic E-state index is 0.0266. The number of amides is 1. The molecule has 246 valence electrons. The van der Waals surface area contributed by atoms with E-state index in [4.69, 9.17) is 0 Å². The fourth-order valence-electron chi connectivity index (χ4n) is 6.50. The number of likely N-dealkylation sites (tertiary alicyclic amines) is 1. The van der Waals surface area contributed by atoms with Crippen LogP contribution in [0.4, 0.5) is 19.0 Å². The normalized spacial score (nSPS) is 23.4. The van der Waals surface area contributed by atoms with Crippen LogP contribution in [0.3, 0.4) is 0 Å². The van der Waals surface area contributed by atoms with E-state index in [1.54, 1.807) is 41.3 Å². The molecule has 0 radical (unpaired) electrons. The van der Waals surface area contributed by atoms with E-state index in [9.17, 15) is 26.4 Å². The fraction of sp³-hybridized carbons (Fsp3) is 0.594. The van der Waals surface area contributed by atoms with Crippen molar-refractivity contribution in [1.29, 1.82) is 0 Å². The molecule has 3 aromatic rings. The fourth-order valence-corrected chi connectivity index (χ4v) is 9.50. The molecule has 1 saturated carbocycles. The van der Waals surface area contributed by atoms with Crippen molar-refractivity contribution < 1.29 is 26.4 Å². The van der Waals surface area contributed by atoms with Crippen LogP contribution in [0.1, 0.15) is 77.4 Å². The molecule has 1 amide bonds. The second kappa shape index (κ2) is 12.1. The third-order valence-electron chi connectivity index (χ3n) is 9.29. The number of aromatic nitrogens is 2. The molecule has 0 bridgehead atoms. The monoisotopic (exact) mass is 665 g/mol. The highest BCUT2D eigenvalue weighted by molar-refractivity contribution is 7.91. The number of hydrogen-bond acceptors (Lipinski definition) is 8. The Kier molecular flexibility index (Phi) is 9.04. The van der Waals surface area contributed by atoms with Gasteiger partial charge in [-0.3, -0.25) is 4.79 Å². The molecule has 0 unspecified atom stereocenters. The summed E-state index contributed by atoms with van der Waals surface area (Å²) in [5, 5.41) is 3.04. The standard InChI is InChI=1S/C32H42F3N5O3S2/c1-20(2)39(6)21-12-15-31(16-13-21,19-45(42,43)22-10-8-7-9-11-22)40-17-14-23(28(40)41)36-27-26-24(18-25(44-26)30(3,4)5)37-29(38-27)32(33,34)35/h7-11,18,20-21,23H,12-17,19H2,1-6H3,(H,36,37,38)/t21?,23-,31?/m0/s1. The second-order valence-electron chi connectivity index (χ2n) is 13.7. The number of nitrogens with zero attached hydrogens (tertiary/aromatic N) is 4. The lowest BCUT2D eigenvalue weighted by Gasteiger charge is -2.48. The lowest BCUT2D eigenvalue weighted by atomic mass is 9.78. The minimum Gasteiger partial charge on any atom is -0.357 e. The van der Waals surface area contributed by atoms with Gasteiger partial charge in [0.1, 0.15) is 11.9 Å². The SMILES string of the molecule is CC(C)N(C)C1CCC(CS(=O)(=O)c2ccccc2)(N2CC[C@H](Nc3nc(C(F)(F)F)nc4cc(C(C)(C)C)sc34)C2=O)CC1. The van der Waals surface area contributed by atoms with E-state index in [1.165, 1.54) is 11.3 Å². The molecule has 8 nitrogen and oxygen atoms in total. The summed E-state index contributed by atoms with van der Waals surface area (Å²) >= 11 is 1.31. The van der Waals surface area contributed by atoms with E-state index in [0.717, 1.165) is 17.7 Å². The van der Waals surface area contributed by atoms with Crippen molar-refractivity contribution in [3.05, 3.63) is 47.1 Å². The molecular weight excluding hydrogens is 624 g/mol. The maximum Gasteiger partial charge on any atom is 0.451 e. The van der Waals surface area contributed by atoms with Crippen molar-refractivity contribution >= 4 is 43.1 Å². The summed E-state index contributed by atoms with van der Waals surface area (Å²) in [6.45, 7) is 10.4. The maximum absolute atomic E-state index is 14.1. The molecule has 1 aromatic carbocycles. The topological polar surface area (TPSA) is 95.5 Å². The first-order valence-electron chi connectivity index (χ1n) is 15.4. The van der Waals surface area contributed by atoms with Crippen LogP contribution in [0.15, 0.2) is 41.3 Å². The highest BCUT2D eigenvalue weighted by atomic mass is 32.2. The number of sulfone groups is 1. The number of alkyl halides is 3. The number of carbonyl (C=O) groups is 1. The molecule has 13 heteroatoms. The van der Waals surface area contributed by atoms with E-state index in [0.29, 0.717) is 36.5 Å². The first-order chi connectivity index (χ1) is 20.9. The first kappa shape index (κ1) is 33.6. The van der Waals surface area contributed by atoms with Crippen LogP contribution in [-0.2, 0) is 26.2 Å². The Morgan fingerprint density at radius 2 is 1.73 bits per heavy atom. The number of hydrogen-bond donors (Lipinski definition) is 1. The molecule has 0 spiro atoms. The molecule has 1 saturated heterocycles. The number of anilines is 1. The number of nitrogens with one attached hydrogen (secondary N) is 1. The molecule has 2 aliphatic rings. The molecule has 1 atom stereocenters. The van der Waals surface area contributed by atoms with E-state index in [-0.39, 0.29) is 39.3 Å². The summed E-state index contributed by atoms with van der Waals surface area (Å²) in [6, 6.07) is 9.65. The Labute approximate surface area is 267 Å². The number of rotatable bonds is 8. The van der Waals surface area contributed by atoms with Crippen LogP contribution in [-0.4, -0.2) is 77.1 Å². The third-order valence-corrected chi connectivity index (χ3v) is 12.8. The summed E-state index contributed by atoms with van der Waals surface area (Å²) in [7, 11) is -1.68. The van der Waals surface area contributed by atoms with Gasteiger partial charge in [-0.25, -0.2) is 18.4 Å². The van der Waals surface area contributed by atoms with Crippen LogP contribution in [0.25, 0.3) is 10.2 Å². The summed E-state index contributed by atoms with van der Waals surface area (Å²) in [5.74, 6) is -1.82. The zero-order valence-corrected chi connectivity index (χ0v) is 28.2. The summed E-state index contributed by atoms with van der Waals surface area (Å²) in [4.78, 5) is 26.8. The van der Waals surface area contributed by atoms with Gasteiger partial charge in [0.2, 0.25) is 11.7 Å². The van der Waals surface area contributed by atoms with Gasteiger partial charge in [0.05, 0.1) is 26.4 Å². The quantitative estimate of drug-likeness (QED) is 0.293. The van der Waals surface area contributed by atoms with Crippen LogP contribution in [0, 0.1) is 0 Å². The Balaban J connectivity index is 1.47. The number of fused-ring (bicyclic) bond motifs is 1. The highest BCUT2D eigenvalue weighted by Crippen LogP contribution is 2.42. The van der Waals surface area contributed by atoms with Gasteiger partial charge in [0.25, 0.3) is 0 Å². The molecule has 1 aliphatic heterocycles. The zero-order chi connectivity index (χ0) is 32.9. The second-order valence-corrected chi connectivity index (χ2v) is 16.8. The van der Waals surface area contributed by atoms with Crippen molar-refractivity contribution in [2.75, 3.05) is 24.7 Å². The van der Waals surface area contributed by atoms with Crippen molar-refractivity contribution in [3.8, 4) is 0 Å². The van der Waals surface area contributed by atoms with Gasteiger partial charge in [-0.2, -0.15) is 13.2 Å². The van der Waals surface area contributed by atoms with Crippen molar-refractivity contribution in [1.82, 2.24) is 19.8 Å². The average molecular weight is 666 g/mol. The number of halogens is 3. The minimum atomic E-state index is -4.77. The predicted octanol–water partition coefficient (Wildman–Crippen LogP) is 6.52. The van der Waals surface area contributed by atoms with Gasteiger partial charge in [-0.1, -0.05) is 39.0 Å². The predicted molar refractivity (Wildman–Crippen MR) is 171 cm³/mol. The van der Waals surface area contributed by atoms with Crippen LogP contribution >= 0.6 is 11.3 Å². The van der Waals surface area contributed by atoms with E-state index < -0.39 is 33.4 Å². The highest BCUT2D eigenvalue weighted by Gasteiger charge is 2.50. The van der Waals surface area contributed by atoms with E-state index in [2.05, 4.69) is 41.1 Å². The van der Waals surface area contributed by atoms with Crippen LogP contribution < -0.4 is 5.32 Å². The van der Waals surface area contributed by atoms with Gasteiger partial charge >= 0.3 is 6.18 Å². The molecule has 5 rings (SSSR count). The summed E-state index contributed by atoms with van der Waals surface area (Å²) in [6.07, 6.45) is -1.98. The Morgan fingerprint density at radius 3 is 2.31 bits per heavy atom. The molecule has 3 heterocycles. The third kappa shape index (κ3) is 6.85. The maximum atomic E-state index is 14.1. The van der Waals surface area contributed by atoms with Crippen molar-refractivity contribution in [2.45, 2.75) is 107 Å². The first-order valence-corrected chi connectivity index (χ1v) is 17.9. The lowest BCUT2D eigenvalue weighted by molar-refractivity contribution is -0.144. The van der Waals surface area contributed by atoms with Gasteiger partial charge in [0, 0.05) is 23.5 Å². The molecule has 45 heavy (non-hydrogen) atoms. The van der Waals surface area contributed by atoms with Gasteiger partial charge in [-0.15, -0.1) is 11.3 Å². The molecular formula is C32H42F3N5O3S2. The van der Waals surface area contributed by atoms with Crippen molar-refractivity contribution in [2.24, 2.45) is 0 Å². The summed E-state index contributed by atoms with van der Waals surface area (Å²) in [5.41, 5.74) is -1.08. The lowest BCUT2D eigenvalue weighted by Crippen LogP contribution is -2.58. The number of carbonyl (C=O) groups excluding carboxylic acids is 1. The van der Waals surface area contributed by atoms with Crippen LogP contribution in [0.5, 0.6) is 0 Å². The zero-order valence-electron chi connectivity index (χ0n) is 26.6. The van der Waals surface area contributed by atoms with Crippen LogP contribution in [0.2, 0.25) is 0 Å². The summed E-state index contributed by atoms with van der Waals surface area (Å²) < 4.78 is 69.4. The molecule has 1 N–H and O–H groups in total. The van der Waals surface area contributed by atoms with E-state index >= 15 is 0 Å². The smallest absolute Gasteiger partial charge is 0.357 e. The largest absolute Gasteiger partial charge is 0.451 e. The molecule has 1 aliphatic carbocycles. The number of benzene rings is 1. The molecule has 2 aromatic heterocycles. The Morgan fingerprint density at radius 1 is 1.09 bits per heavy atom.